The fourth-order valence-corrected chi connectivity index (χ4v) is 2.69. The van der Waals surface area contributed by atoms with E-state index in [0.717, 1.165) is 5.69 Å². The number of rotatable bonds is 8. The third-order valence-corrected chi connectivity index (χ3v) is 4.02. The first-order chi connectivity index (χ1) is 13.9. The van der Waals surface area contributed by atoms with Gasteiger partial charge in [0.05, 0.1) is 12.5 Å². The summed E-state index contributed by atoms with van der Waals surface area (Å²) in [5.41, 5.74) is 1.56. The van der Waals surface area contributed by atoms with E-state index in [9.17, 15) is 18.4 Å². The van der Waals surface area contributed by atoms with Gasteiger partial charge in [0, 0.05) is 37.0 Å². The van der Waals surface area contributed by atoms with Crippen molar-refractivity contribution in [2.24, 2.45) is 0 Å². The number of alkyl halides is 3. The zero-order valence-electron chi connectivity index (χ0n) is 15.3. The molecular formula is C18H18F3N7O. The van der Waals surface area contributed by atoms with Crippen molar-refractivity contribution in [1.29, 1.82) is 5.26 Å². The summed E-state index contributed by atoms with van der Waals surface area (Å²) >= 11 is 0. The van der Waals surface area contributed by atoms with Gasteiger partial charge in [-0.15, -0.1) is 13.2 Å². The predicted octanol–water partition coefficient (Wildman–Crippen LogP) is 3.28. The predicted molar refractivity (Wildman–Crippen MR) is 98.6 cm³/mol. The molecule has 0 bridgehead atoms. The number of nitriles is 1. The molecule has 11 heteroatoms. The summed E-state index contributed by atoms with van der Waals surface area (Å²) in [6, 6.07) is 2.00. The highest BCUT2D eigenvalue weighted by molar-refractivity contribution is 5.53. The smallest absolute Gasteiger partial charge is 0.406 e. The SMILES string of the molecule is N#Cc1cnc(NCC2=CCCC=C2OC(F)(F)F)nc1NCCc1cnc[nH]1. The van der Waals surface area contributed by atoms with E-state index < -0.39 is 6.36 Å². The van der Waals surface area contributed by atoms with Crippen LogP contribution in [0.4, 0.5) is 24.9 Å². The van der Waals surface area contributed by atoms with Crippen molar-refractivity contribution >= 4 is 11.8 Å². The molecule has 0 unspecified atom stereocenters. The molecule has 0 fully saturated rings. The van der Waals surface area contributed by atoms with Crippen LogP contribution in [0.2, 0.25) is 0 Å². The minimum absolute atomic E-state index is 0.0569. The molecule has 1 aliphatic carbocycles. The van der Waals surface area contributed by atoms with Gasteiger partial charge in [-0.3, -0.25) is 0 Å². The number of imidazole rings is 1. The Morgan fingerprint density at radius 1 is 1.21 bits per heavy atom. The first-order valence-electron chi connectivity index (χ1n) is 8.82. The molecule has 3 rings (SSSR count). The molecule has 0 aliphatic heterocycles. The van der Waals surface area contributed by atoms with Gasteiger partial charge in [-0.25, -0.2) is 9.97 Å². The third-order valence-electron chi connectivity index (χ3n) is 4.02. The van der Waals surface area contributed by atoms with Gasteiger partial charge in [-0.2, -0.15) is 10.2 Å². The molecule has 1 aliphatic rings. The normalized spacial score (nSPS) is 13.9. The Balaban J connectivity index is 1.62. The highest BCUT2D eigenvalue weighted by atomic mass is 19.4. The largest absolute Gasteiger partial charge is 0.573 e. The highest BCUT2D eigenvalue weighted by Gasteiger charge is 2.33. The molecule has 29 heavy (non-hydrogen) atoms. The summed E-state index contributed by atoms with van der Waals surface area (Å²) in [5.74, 6) is 0.304. The molecule has 0 saturated heterocycles. The average Bonchev–Trinajstić information content (AvgIpc) is 3.20. The number of anilines is 2. The summed E-state index contributed by atoms with van der Waals surface area (Å²) < 4.78 is 41.7. The lowest BCUT2D eigenvalue weighted by Crippen LogP contribution is -2.19. The van der Waals surface area contributed by atoms with Crippen LogP contribution in [0.1, 0.15) is 24.1 Å². The van der Waals surface area contributed by atoms with Crippen molar-refractivity contribution in [1.82, 2.24) is 19.9 Å². The van der Waals surface area contributed by atoms with Crippen LogP contribution in [0.15, 0.2) is 42.2 Å². The van der Waals surface area contributed by atoms with Crippen molar-refractivity contribution in [2.45, 2.75) is 25.6 Å². The molecule has 3 N–H and O–H groups in total. The molecule has 0 radical (unpaired) electrons. The zero-order valence-corrected chi connectivity index (χ0v) is 15.3. The Hall–Kier alpha value is -3.55. The molecule has 152 valence electrons. The summed E-state index contributed by atoms with van der Waals surface area (Å²) in [5, 5.41) is 15.2. The summed E-state index contributed by atoms with van der Waals surface area (Å²) in [6.07, 6.45) is 4.72. The first kappa shape index (κ1) is 20.2. The fraction of sp³-hybridized carbons (Fsp3) is 0.333. The Kier molecular flexibility index (Phi) is 6.33. The topological polar surface area (TPSA) is 112 Å². The van der Waals surface area contributed by atoms with Gasteiger partial charge in [0.1, 0.15) is 23.2 Å². The lowest BCUT2D eigenvalue weighted by atomic mass is 10.1. The summed E-state index contributed by atoms with van der Waals surface area (Å²) in [4.78, 5) is 15.2. The van der Waals surface area contributed by atoms with E-state index in [4.69, 9.17) is 0 Å². The fourth-order valence-electron chi connectivity index (χ4n) is 2.69. The molecule has 0 atom stereocenters. The lowest BCUT2D eigenvalue weighted by molar-refractivity contribution is -0.304. The number of hydrogen-bond acceptors (Lipinski definition) is 7. The number of halogens is 3. The Morgan fingerprint density at radius 2 is 2.03 bits per heavy atom. The van der Waals surface area contributed by atoms with Crippen LogP contribution in [0, 0.1) is 11.3 Å². The van der Waals surface area contributed by atoms with Gasteiger partial charge in [-0.1, -0.05) is 6.08 Å². The monoisotopic (exact) mass is 405 g/mol. The first-order valence-corrected chi connectivity index (χ1v) is 8.82. The molecule has 0 amide bonds. The van der Waals surface area contributed by atoms with Crippen molar-refractivity contribution in [3.05, 3.63) is 53.5 Å². The van der Waals surface area contributed by atoms with Gasteiger partial charge in [0.25, 0.3) is 0 Å². The van der Waals surface area contributed by atoms with Crippen molar-refractivity contribution in [3.8, 4) is 6.07 Å². The standard InChI is InChI=1S/C18H18F3N7O/c19-18(20,21)29-15-4-2-1-3-12(15)8-25-17-26-9-13(7-22)16(28-17)24-6-5-14-10-23-11-27-14/h3-4,9-11H,1-2,5-6,8H2,(H,23,27)(H2,24,25,26,28). The molecule has 2 aromatic heterocycles. The van der Waals surface area contributed by atoms with Crippen LogP contribution in [0.3, 0.4) is 0 Å². The van der Waals surface area contributed by atoms with E-state index in [2.05, 4.69) is 35.3 Å². The van der Waals surface area contributed by atoms with Crippen LogP contribution < -0.4 is 10.6 Å². The van der Waals surface area contributed by atoms with Crippen molar-refractivity contribution in [3.63, 3.8) is 0 Å². The number of nitrogens with zero attached hydrogens (tertiary/aromatic N) is 4. The van der Waals surface area contributed by atoms with Gasteiger partial charge in [0.2, 0.25) is 5.95 Å². The average molecular weight is 405 g/mol. The number of nitrogens with one attached hydrogen (secondary N) is 3. The van der Waals surface area contributed by atoms with Gasteiger partial charge < -0.3 is 20.4 Å². The second-order valence-electron chi connectivity index (χ2n) is 6.10. The molecule has 2 aromatic rings. The maximum atomic E-state index is 12.6. The van der Waals surface area contributed by atoms with Crippen LogP contribution in [0.5, 0.6) is 0 Å². The molecule has 8 nitrogen and oxygen atoms in total. The van der Waals surface area contributed by atoms with E-state index in [1.807, 2.05) is 6.07 Å². The van der Waals surface area contributed by atoms with Crippen LogP contribution in [-0.2, 0) is 11.2 Å². The molecule has 2 heterocycles. The van der Waals surface area contributed by atoms with Crippen LogP contribution in [0.25, 0.3) is 0 Å². The van der Waals surface area contributed by atoms with Crippen molar-refractivity contribution in [2.75, 3.05) is 23.7 Å². The van der Waals surface area contributed by atoms with Crippen LogP contribution in [-0.4, -0.2) is 39.4 Å². The van der Waals surface area contributed by atoms with Crippen molar-refractivity contribution < 1.29 is 17.9 Å². The minimum Gasteiger partial charge on any atom is -0.406 e. The second-order valence-corrected chi connectivity index (χ2v) is 6.10. The van der Waals surface area contributed by atoms with E-state index in [1.54, 1.807) is 18.6 Å². The van der Waals surface area contributed by atoms with Gasteiger partial charge in [0.15, 0.2) is 0 Å². The lowest BCUT2D eigenvalue weighted by Gasteiger charge is -2.19. The van der Waals surface area contributed by atoms with E-state index in [-0.39, 0.29) is 23.8 Å². The number of H-pyrrole nitrogens is 1. The Bertz CT molecular complexity index is 930. The summed E-state index contributed by atoms with van der Waals surface area (Å²) in [7, 11) is 0. The molecule has 0 saturated carbocycles. The van der Waals surface area contributed by atoms with Gasteiger partial charge in [-0.05, 0) is 18.9 Å². The number of hydrogen-bond donors (Lipinski definition) is 3. The summed E-state index contributed by atoms with van der Waals surface area (Å²) in [6.45, 7) is 0.562. The second kappa shape index (κ2) is 9.09. The Morgan fingerprint density at radius 3 is 2.76 bits per heavy atom. The minimum atomic E-state index is -4.75. The maximum absolute atomic E-state index is 12.6. The molecular weight excluding hydrogens is 387 g/mol. The highest BCUT2D eigenvalue weighted by Crippen LogP contribution is 2.28. The number of allylic oxidation sites excluding steroid dienone is 2. The van der Waals surface area contributed by atoms with E-state index in [0.29, 0.717) is 37.2 Å². The third kappa shape index (κ3) is 5.97. The molecule has 0 aromatic carbocycles. The van der Waals surface area contributed by atoms with Crippen LogP contribution >= 0.6 is 0 Å². The zero-order chi connectivity index (χ0) is 20.7. The van der Waals surface area contributed by atoms with Gasteiger partial charge >= 0.3 is 6.36 Å². The number of ether oxygens (including phenoxy) is 1. The van der Waals surface area contributed by atoms with E-state index in [1.165, 1.54) is 12.3 Å². The quantitative estimate of drug-likeness (QED) is 0.618. The maximum Gasteiger partial charge on any atom is 0.573 e. The van der Waals surface area contributed by atoms with E-state index >= 15 is 0 Å². The number of aromatic nitrogens is 4. The molecule has 0 spiro atoms. The number of aromatic amines is 1. The Labute approximate surface area is 164 Å².